The number of ether oxygens (including phenoxy) is 2. The first-order valence-corrected chi connectivity index (χ1v) is 9.69. The summed E-state index contributed by atoms with van der Waals surface area (Å²) in [4.78, 5) is 6.74. The number of nitrogens with one attached hydrogen (secondary N) is 2. The van der Waals surface area contributed by atoms with Crippen LogP contribution in [0.3, 0.4) is 0 Å². The van der Waals surface area contributed by atoms with Crippen LogP contribution in [0.2, 0.25) is 0 Å². The van der Waals surface area contributed by atoms with E-state index in [2.05, 4.69) is 44.8 Å². The highest BCUT2D eigenvalue weighted by Gasteiger charge is 2.24. The Balaban J connectivity index is 1.46. The Hall–Kier alpha value is -2.89. The number of hydrogen-bond acceptors (Lipinski definition) is 4. The van der Waals surface area contributed by atoms with Gasteiger partial charge in [0, 0.05) is 33.2 Å². The lowest BCUT2D eigenvalue weighted by atomic mass is 10.1. The first-order chi connectivity index (χ1) is 13.7. The normalized spacial score (nSPS) is 16.8. The molecule has 0 amide bonds. The third-order valence-electron chi connectivity index (χ3n) is 5.11. The highest BCUT2D eigenvalue weighted by Crippen LogP contribution is 2.31. The van der Waals surface area contributed by atoms with Crippen LogP contribution in [0.1, 0.15) is 12.0 Å². The second-order valence-corrected chi connectivity index (χ2v) is 6.93. The molecule has 2 aromatic carbocycles. The monoisotopic (exact) mass is 382 g/mol. The molecule has 6 heteroatoms. The summed E-state index contributed by atoms with van der Waals surface area (Å²) in [5.41, 5.74) is 2.36. The number of aliphatic imine (C=N–C) groups is 1. The van der Waals surface area contributed by atoms with E-state index in [1.54, 1.807) is 21.3 Å². The molecule has 0 bridgehead atoms. The van der Waals surface area contributed by atoms with Crippen molar-refractivity contribution in [2.45, 2.75) is 13.0 Å². The average Bonchev–Trinajstić information content (AvgIpc) is 3.23. The van der Waals surface area contributed by atoms with E-state index in [9.17, 15) is 0 Å². The van der Waals surface area contributed by atoms with Crippen LogP contribution < -0.4 is 25.0 Å². The minimum atomic E-state index is 0.574. The Kier molecular flexibility index (Phi) is 7.00. The maximum atomic E-state index is 5.50. The SMILES string of the molecule is CN=C(NCc1ccc(OC)cc1)NCC1CCN(c2ccccc2OC)C1. The maximum Gasteiger partial charge on any atom is 0.191 e. The molecule has 3 rings (SSSR count). The molecule has 1 fully saturated rings. The predicted molar refractivity (Wildman–Crippen MR) is 115 cm³/mol. The molecule has 1 aliphatic rings. The number of benzene rings is 2. The Bertz CT molecular complexity index is 776. The average molecular weight is 383 g/mol. The lowest BCUT2D eigenvalue weighted by Crippen LogP contribution is -2.39. The Morgan fingerprint density at radius 2 is 1.86 bits per heavy atom. The van der Waals surface area contributed by atoms with Gasteiger partial charge < -0.3 is 25.0 Å². The number of rotatable bonds is 7. The quantitative estimate of drug-likeness (QED) is 0.570. The zero-order chi connectivity index (χ0) is 19.8. The van der Waals surface area contributed by atoms with E-state index in [0.29, 0.717) is 5.92 Å². The minimum Gasteiger partial charge on any atom is -0.497 e. The summed E-state index contributed by atoms with van der Waals surface area (Å²) in [5.74, 6) is 3.20. The predicted octanol–water partition coefficient (Wildman–Crippen LogP) is 2.90. The van der Waals surface area contributed by atoms with Gasteiger partial charge in [0.1, 0.15) is 11.5 Å². The van der Waals surface area contributed by atoms with Crippen LogP contribution >= 0.6 is 0 Å². The molecule has 1 atom stereocenters. The molecule has 0 spiro atoms. The van der Waals surface area contributed by atoms with Crippen LogP contribution in [-0.4, -0.2) is 46.9 Å². The van der Waals surface area contributed by atoms with Crippen LogP contribution in [-0.2, 0) is 6.54 Å². The topological polar surface area (TPSA) is 58.1 Å². The number of methoxy groups -OCH3 is 2. The van der Waals surface area contributed by atoms with Crippen molar-refractivity contribution in [3.05, 3.63) is 54.1 Å². The zero-order valence-electron chi connectivity index (χ0n) is 16.9. The fraction of sp³-hybridized carbons (Fsp3) is 0.409. The van der Waals surface area contributed by atoms with Gasteiger partial charge in [-0.05, 0) is 42.2 Å². The van der Waals surface area contributed by atoms with Gasteiger partial charge in [0.2, 0.25) is 0 Å². The van der Waals surface area contributed by atoms with E-state index in [0.717, 1.165) is 50.1 Å². The summed E-state index contributed by atoms with van der Waals surface area (Å²) in [6, 6.07) is 16.3. The first kappa shape index (κ1) is 19.9. The van der Waals surface area contributed by atoms with Gasteiger partial charge in [-0.3, -0.25) is 4.99 Å². The molecule has 0 aliphatic carbocycles. The molecule has 1 saturated heterocycles. The van der Waals surface area contributed by atoms with Gasteiger partial charge >= 0.3 is 0 Å². The van der Waals surface area contributed by atoms with Crippen LogP contribution in [0.4, 0.5) is 5.69 Å². The van der Waals surface area contributed by atoms with Crippen molar-refractivity contribution in [1.29, 1.82) is 0 Å². The molecule has 2 aromatic rings. The van der Waals surface area contributed by atoms with Crippen molar-refractivity contribution in [1.82, 2.24) is 10.6 Å². The molecule has 1 aliphatic heterocycles. The Morgan fingerprint density at radius 3 is 2.57 bits per heavy atom. The Morgan fingerprint density at radius 1 is 1.07 bits per heavy atom. The summed E-state index contributed by atoms with van der Waals surface area (Å²) in [6.07, 6.45) is 1.15. The number of hydrogen-bond donors (Lipinski definition) is 2. The second-order valence-electron chi connectivity index (χ2n) is 6.93. The van der Waals surface area contributed by atoms with Crippen molar-refractivity contribution >= 4 is 11.6 Å². The number of anilines is 1. The number of para-hydroxylation sites is 2. The molecule has 0 aromatic heterocycles. The van der Waals surface area contributed by atoms with Gasteiger partial charge in [-0.2, -0.15) is 0 Å². The van der Waals surface area contributed by atoms with Gasteiger partial charge in [0.25, 0.3) is 0 Å². The summed E-state index contributed by atoms with van der Waals surface area (Å²) in [7, 11) is 5.21. The highest BCUT2D eigenvalue weighted by molar-refractivity contribution is 5.79. The first-order valence-electron chi connectivity index (χ1n) is 9.69. The fourth-order valence-corrected chi connectivity index (χ4v) is 3.50. The minimum absolute atomic E-state index is 0.574. The van der Waals surface area contributed by atoms with Gasteiger partial charge in [-0.15, -0.1) is 0 Å². The largest absolute Gasteiger partial charge is 0.497 e. The third-order valence-corrected chi connectivity index (χ3v) is 5.11. The van der Waals surface area contributed by atoms with Crippen molar-refractivity contribution in [2.24, 2.45) is 10.9 Å². The van der Waals surface area contributed by atoms with Crippen molar-refractivity contribution in [3.63, 3.8) is 0 Å². The molecule has 0 saturated carbocycles. The lowest BCUT2D eigenvalue weighted by molar-refractivity contribution is 0.414. The molecule has 28 heavy (non-hydrogen) atoms. The Labute approximate surface area is 167 Å². The molecular weight excluding hydrogens is 352 g/mol. The van der Waals surface area contributed by atoms with Crippen LogP contribution in [0.15, 0.2) is 53.5 Å². The second kappa shape index (κ2) is 9.88. The van der Waals surface area contributed by atoms with Gasteiger partial charge in [0.05, 0.1) is 19.9 Å². The smallest absolute Gasteiger partial charge is 0.191 e. The van der Waals surface area contributed by atoms with Gasteiger partial charge in [-0.25, -0.2) is 0 Å². The van der Waals surface area contributed by atoms with E-state index in [1.807, 2.05) is 24.3 Å². The van der Waals surface area contributed by atoms with E-state index in [-0.39, 0.29) is 0 Å². The zero-order valence-corrected chi connectivity index (χ0v) is 16.9. The maximum absolute atomic E-state index is 5.50. The standard InChI is InChI=1S/C22H30N4O2/c1-23-22(24-14-17-8-10-19(27-2)11-9-17)25-15-18-12-13-26(16-18)20-6-4-5-7-21(20)28-3/h4-11,18H,12-16H2,1-3H3,(H2,23,24,25). The molecular formula is C22H30N4O2. The van der Waals surface area contributed by atoms with Gasteiger partial charge in [-0.1, -0.05) is 24.3 Å². The molecule has 6 nitrogen and oxygen atoms in total. The molecule has 150 valence electrons. The molecule has 0 radical (unpaired) electrons. The van der Waals surface area contributed by atoms with Crippen LogP contribution in [0.5, 0.6) is 11.5 Å². The molecule has 2 N–H and O–H groups in total. The van der Waals surface area contributed by atoms with E-state index < -0.39 is 0 Å². The summed E-state index contributed by atoms with van der Waals surface area (Å²) >= 11 is 0. The van der Waals surface area contributed by atoms with E-state index >= 15 is 0 Å². The van der Waals surface area contributed by atoms with Gasteiger partial charge in [0.15, 0.2) is 5.96 Å². The van der Waals surface area contributed by atoms with Crippen molar-refractivity contribution < 1.29 is 9.47 Å². The fourth-order valence-electron chi connectivity index (χ4n) is 3.50. The molecule has 1 heterocycles. The highest BCUT2D eigenvalue weighted by atomic mass is 16.5. The lowest BCUT2D eigenvalue weighted by Gasteiger charge is -2.21. The van der Waals surface area contributed by atoms with E-state index in [1.165, 1.54) is 11.3 Å². The summed E-state index contributed by atoms with van der Waals surface area (Å²) < 4.78 is 10.7. The van der Waals surface area contributed by atoms with Crippen molar-refractivity contribution in [2.75, 3.05) is 45.8 Å². The number of nitrogens with zero attached hydrogens (tertiary/aromatic N) is 2. The van der Waals surface area contributed by atoms with Crippen molar-refractivity contribution in [3.8, 4) is 11.5 Å². The third kappa shape index (κ3) is 5.09. The summed E-state index contributed by atoms with van der Waals surface area (Å²) in [6.45, 7) is 3.68. The number of guanidine groups is 1. The summed E-state index contributed by atoms with van der Waals surface area (Å²) in [5, 5.41) is 6.83. The molecule has 1 unspecified atom stereocenters. The van der Waals surface area contributed by atoms with Crippen LogP contribution in [0, 0.1) is 5.92 Å². The van der Waals surface area contributed by atoms with E-state index in [4.69, 9.17) is 9.47 Å². The van der Waals surface area contributed by atoms with Crippen LogP contribution in [0.25, 0.3) is 0 Å².